The maximum absolute atomic E-state index is 11.4. The molecule has 1 atom stereocenters. The summed E-state index contributed by atoms with van der Waals surface area (Å²) in [7, 11) is 0. The van der Waals surface area contributed by atoms with Gasteiger partial charge in [0.25, 0.3) is 0 Å². The maximum atomic E-state index is 11.4. The number of tetrazole rings is 1. The molecular formula is C10H13N5O2S. The number of hydrogen-bond donors (Lipinski definition) is 1. The molecule has 2 aromatic rings. The summed E-state index contributed by atoms with van der Waals surface area (Å²) >= 11 is 1.39. The van der Waals surface area contributed by atoms with Crippen molar-refractivity contribution in [3.63, 3.8) is 0 Å². The first kappa shape index (κ1) is 12.6. The number of aromatic nitrogens is 5. The molecule has 2 aromatic heterocycles. The van der Waals surface area contributed by atoms with E-state index in [9.17, 15) is 9.90 Å². The molecule has 0 aliphatic heterocycles. The van der Waals surface area contributed by atoms with Crippen molar-refractivity contribution in [2.75, 3.05) is 0 Å². The van der Waals surface area contributed by atoms with Crippen LogP contribution < -0.4 is 0 Å². The molecule has 0 saturated heterocycles. The average Bonchev–Trinajstić information content (AvgIpc) is 2.95. The summed E-state index contributed by atoms with van der Waals surface area (Å²) in [6.07, 6.45) is 0.387. The molecule has 0 amide bonds. The number of carboxylic acids is 1. The number of thiazole rings is 1. The lowest BCUT2D eigenvalue weighted by atomic mass is 9.99. The molecule has 0 radical (unpaired) electrons. The van der Waals surface area contributed by atoms with Crippen molar-refractivity contribution in [3.8, 4) is 10.7 Å². The first-order valence-electron chi connectivity index (χ1n) is 5.43. The molecule has 0 fully saturated rings. The number of carboxylic acid groups (broad SMARTS) is 1. The minimum absolute atomic E-state index is 0.387. The van der Waals surface area contributed by atoms with Crippen LogP contribution in [0.1, 0.15) is 26.0 Å². The van der Waals surface area contributed by atoms with Crippen LogP contribution in [-0.2, 0) is 10.3 Å². The average molecular weight is 267 g/mol. The zero-order valence-corrected chi connectivity index (χ0v) is 11.1. The standard InChI is InChI=1S/C10H13N5O2S/c1-4-10(3,9(16)17)15-8(12-13-14-15)7-6(2)11-5-18-7/h5H,4H2,1-3H3,(H,16,17). The molecule has 2 heterocycles. The van der Waals surface area contributed by atoms with Gasteiger partial charge in [-0.3, -0.25) is 0 Å². The lowest BCUT2D eigenvalue weighted by Gasteiger charge is -2.23. The zero-order chi connectivity index (χ0) is 13.3. The molecule has 0 spiro atoms. The molecule has 18 heavy (non-hydrogen) atoms. The van der Waals surface area contributed by atoms with Crippen molar-refractivity contribution >= 4 is 17.3 Å². The van der Waals surface area contributed by atoms with E-state index in [0.29, 0.717) is 12.2 Å². The fourth-order valence-electron chi connectivity index (χ4n) is 1.57. The summed E-state index contributed by atoms with van der Waals surface area (Å²) in [4.78, 5) is 16.3. The third kappa shape index (κ3) is 1.78. The monoisotopic (exact) mass is 267 g/mol. The first-order chi connectivity index (χ1) is 8.50. The lowest BCUT2D eigenvalue weighted by Crippen LogP contribution is -2.39. The van der Waals surface area contributed by atoms with Crippen molar-refractivity contribution in [1.82, 2.24) is 25.2 Å². The molecule has 2 rings (SSSR count). The van der Waals surface area contributed by atoms with Gasteiger partial charge in [-0.25, -0.2) is 14.5 Å². The van der Waals surface area contributed by atoms with Crippen LogP contribution in [0.5, 0.6) is 0 Å². The normalized spacial score (nSPS) is 14.4. The second-order valence-corrected chi connectivity index (χ2v) is 4.97. The van der Waals surface area contributed by atoms with Gasteiger partial charge in [0.15, 0.2) is 11.4 Å². The number of rotatable bonds is 4. The van der Waals surface area contributed by atoms with Crippen molar-refractivity contribution in [3.05, 3.63) is 11.2 Å². The minimum Gasteiger partial charge on any atom is -0.479 e. The van der Waals surface area contributed by atoms with Gasteiger partial charge in [0.1, 0.15) is 0 Å². The number of hydrogen-bond acceptors (Lipinski definition) is 6. The summed E-state index contributed by atoms with van der Waals surface area (Å²) in [5.41, 5.74) is 1.32. The highest BCUT2D eigenvalue weighted by Crippen LogP contribution is 2.30. The van der Waals surface area contributed by atoms with Gasteiger partial charge in [0.2, 0.25) is 0 Å². The Hall–Kier alpha value is -1.83. The Balaban J connectivity index is 2.58. The topological polar surface area (TPSA) is 93.8 Å². The third-order valence-electron chi connectivity index (χ3n) is 3.03. The fraction of sp³-hybridized carbons (Fsp3) is 0.500. The van der Waals surface area contributed by atoms with Gasteiger partial charge in [-0.2, -0.15) is 0 Å². The molecule has 1 unspecified atom stereocenters. The third-order valence-corrected chi connectivity index (χ3v) is 3.96. The van der Waals surface area contributed by atoms with Crippen LogP contribution >= 0.6 is 11.3 Å². The van der Waals surface area contributed by atoms with Gasteiger partial charge < -0.3 is 5.11 Å². The highest BCUT2D eigenvalue weighted by molar-refractivity contribution is 7.13. The molecule has 7 nitrogen and oxygen atoms in total. The van der Waals surface area contributed by atoms with E-state index in [1.807, 2.05) is 6.92 Å². The Morgan fingerprint density at radius 1 is 1.61 bits per heavy atom. The first-order valence-corrected chi connectivity index (χ1v) is 6.31. The summed E-state index contributed by atoms with van der Waals surface area (Å²) < 4.78 is 1.36. The number of carbonyl (C=O) groups is 1. The highest BCUT2D eigenvalue weighted by Gasteiger charge is 2.37. The van der Waals surface area contributed by atoms with Gasteiger partial charge in [-0.15, -0.1) is 16.4 Å². The SMILES string of the molecule is CCC(C)(C(=O)O)n1nnnc1-c1scnc1C. The van der Waals surface area contributed by atoms with Crippen molar-refractivity contribution < 1.29 is 9.90 Å². The Kier molecular flexibility index (Phi) is 3.12. The van der Waals surface area contributed by atoms with Crippen molar-refractivity contribution in [2.45, 2.75) is 32.7 Å². The van der Waals surface area contributed by atoms with Crippen LogP contribution in [0.2, 0.25) is 0 Å². The van der Waals surface area contributed by atoms with Gasteiger partial charge in [0, 0.05) is 0 Å². The van der Waals surface area contributed by atoms with E-state index in [1.165, 1.54) is 16.0 Å². The molecule has 96 valence electrons. The van der Waals surface area contributed by atoms with Crippen LogP contribution in [0.3, 0.4) is 0 Å². The second kappa shape index (κ2) is 4.45. The quantitative estimate of drug-likeness (QED) is 0.897. The number of aryl methyl sites for hydroxylation is 1. The fourth-order valence-corrected chi connectivity index (χ4v) is 2.34. The highest BCUT2D eigenvalue weighted by atomic mass is 32.1. The minimum atomic E-state index is -1.16. The summed E-state index contributed by atoms with van der Waals surface area (Å²) in [5, 5.41) is 20.7. The number of aliphatic carboxylic acids is 1. The zero-order valence-electron chi connectivity index (χ0n) is 10.3. The Morgan fingerprint density at radius 3 is 2.83 bits per heavy atom. The Morgan fingerprint density at radius 2 is 2.33 bits per heavy atom. The predicted octanol–water partition coefficient (Wildman–Crippen LogP) is 1.31. The van der Waals surface area contributed by atoms with Gasteiger partial charge >= 0.3 is 5.97 Å². The van der Waals surface area contributed by atoms with Gasteiger partial charge in [-0.1, -0.05) is 6.92 Å². The van der Waals surface area contributed by atoms with Crippen molar-refractivity contribution in [2.24, 2.45) is 0 Å². The summed E-state index contributed by atoms with van der Waals surface area (Å²) in [5.74, 6) is -0.512. The van der Waals surface area contributed by atoms with E-state index in [2.05, 4.69) is 20.5 Å². The van der Waals surface area contributed by atoms with Gasteiger partial charge in [-0.05, 0) is 30.7 Å². The van der Waals surface area contributed by atoms with E-state index < -0.39 is 11.5 Å². The summed E-state index contributed by atoms with van der Waals surface area (Å²) in [6, 6.07) is 0. The predicted molar refractivity (Wildman–Crippen MR) is 65.2 cm³/mol. The van der Waals surface area contributed by atoms with Crippen LogP contribution in [0, 0.1) is 6.92 Å². The molecule has 1 N–H and O–H groups in total. The Bertz CT molecular complexity index is 578. The second-order valence-electron chi connectivity index (χ2n) is 4.11. The van der Waals surface area contributed by atoms with E-state index in [4.69, 9.17) is 0 Å². The van der Waals surface area contributed by atoms with Crippen molar-refractivity contribution in [1.29, 1.82) is 0 Å². The lowest BCUT2D eigenvalue weighted by molar-refractivity contribution is -0.147. The molecular weight excluding hydrogens is 254 g/mol. The van der Waals surface area contributed by atoms with Gasteiger partial charge in [0.05, 0.1) is 16.1 Å². The molecule has 0 aromatic carbocycles. The largest absolute Gasteiger partial charge is 0.479 e. The molecule has 0 bridgehead atoms. The van der Waals surface area contributed by atoms with Crippen LogP contribution in [0.25, 0.3) is 10.7 Å². The Labute approximate surface area is 107 Å². The summed E-state index contributed by atoms with van der Waals surface area (Å²) in [6.45, 7) is 5.24. The molecule has 8 heteroatoms. The van der Waals surface area contributed by atoms with Crippen LogP contribution in [0.4, 0.5) is 0 Å². The smallest absolute Gasteiger partial charge is 0.331 e. The number of nitrogens with zero attached hydrogens (tertiary/aromatic N) is 5. The van der Waals surface area contributed by atoms with E-state index in [-0.39, 0.29) is 0 Å². The van der Waals surface area contributed by atoms with Crippen LogP contribution in [-0.4, -0.2) is 36.3 Å². The maximum Gasteiger partial charge on any atom is 0.331 e. The van der Waals surface area contributed by atoms with E-state index >= 15 is 0 Å². The van der Waals surface area contributed by atoms with Crippen LogP contribution in [0.15, 0.2) is 5.51 Å². The molecule has 0 aliphatic rings. The van der Waals surface area contributed by atoms with E-state index in [0.717, 1.165) is 10.6 Å². The molecule has 0 saturated carbocycles. The van der Waals surface area contributed by atoms with E-state index in [1.54, 1.807) is 19.4 Å². The molecule has 0 aliphatic carbocycles.